The van der Waals surface area contributed by atoms with E-state index in [9.17, 15) is 9.59 Å². The van der Waals surface area contributed by atoms with Gasteiger partial charge < -0.3 is 10.4 Å². The fraction of sp³-hybridized carbons (Fsp3) is 0.0833. The number of thiazole rings is 1. The fourth-order valence-corrected chi connectivity index (χ4v) is 2.33. The lowest BCUT2D eigenvalue weighted by molar-refractivity contribution is -0.115. The smallest absolute Gasteiger partial charge is 0.335 e. The summed E-state index contributed by atoms with van der Waals surface area (Å²) in [7, 11) is 0. The van der Waals surface area contributed by atoms with Gasteiger partial charge in [-0.1, -0.05) is 17.4 Å². The van der Waals surface area contributed by atoms with Crippen molar-refractivity contribution in [2.45, 2.75) is 6.42 Å². The highest BCUT2D eigenvalue weighted by Crippen LogP contribution is 2.26. The summed E-state index contributed by atoms with van der Waals surface area (Å²) in [5, 5.41) is 12.0. The van der Waals surface area contributed by atoms with Crippen LogP contribution >= 0.6 is 11.3 Å². The highest BCUT2D eigenvalue weighted by atomic mass is 32.1. The van der Waals surface area contributed by atoms with Gasteiger partial charge in [0.1, 0.15) is 0 Å². The summed E-state index contributed by atoms with van der Waals surface area (Å²) in [6.07, 6.45) is 1.72. The topological polar surface area (TPSA) is 79.3 Å². The number of nitrogens with one attached hydrogen (secondary N) is 1. The average Bonchev–Trinajstić information content (AvgIpc) is 2.69. The van der Waals surface area contributed by atoms with Crippen molar-refractivity contribution in [3.63, 3.8) is 0 Å². The maximum Gasteiger partial charge on any atom is 0.335 e. The van der Waals surface area contributed by atoms with Crippen LogP contribution in [0.1, 0.15) is 16.8 Å². The van der Waals surface area contributed by atoms with E-state index in [-0.39, 0.29) is 17.9 Å². The molecule has 1 heterocycles. The molecule has 0 aliphatic heterocycles. The Morgan fingerprint density at radius 1 is 1.50 bits per heavy atom. The SMILES string of the molecule is C=CCC(=O)Nc1nc2ccc(C(=O)O)cc2s1. The Labute approximate surface area is 107 Å². The molecule has 1 amide bonds. The summed E-state index contributed by atoms with van der Waals surface area (Å²) in [5.74, 6) is -1.18. The number of benzene rings is 1. The molecule has 92 valence electrons. The lowest BCUT2D eigenvalue weighted by Gasteiger charge is -1.95. The van der Waals surface area contributed by atoms with Crippen LogP contribution in [-0.4, -0.2) is 22.0 Å². The van der Waals surface area contributed by atoms with Crippen LogP contribution in [0.3, 0.4) is 0 Å². The van der Waals surface area contributed by atoms with Crippen LogP contribution in [0.15, 0.2) is 30.9 Å². The van der Waals surface area contributed by atoms with Crippen molar-refractivity contribution in [2.75, 3.05) is 5.32 Å². The van der Waals surface area contributed by atoms with Crippen LogP contribution in [-0.2, 0) is 4.79 Å². The number of nitrogens with zero attached hydrogens (tertiary/aromatic N) is 1. The number of hydrogen-bond donors (Lipinski definition) is 2. The number of carboxylic acids is 1. The lowest BCUT2D eigenvalue weighted by atomic mass is 10.2. The number of anilines is 1. The summed E-state index contributed by atoms with van der Waals surface area (Å²) in [5.41, 5.74) is 0.869. The summed E-state index contributed by atoms with van der Waals surface area (Å²) < 4.78 is 0.726. The molecule has 2 N–H and O–H groups in total. The third-order valence-corrected chi connectivity index (χ3v) is 3.15. The van der Waals surface area contributed by atoms with E-state index in [0.29, 0.717) is 10.6 Å². The predicted molar refractivity (Wildman–Crippen MR) is 70.0 cm³/mol. The Morgan fingerprint density at radius 3 is 2.94 bits per heavy atom. The molecular weight excluding hydrogens is 252 g/mol. The third kappa shape index (κ3) is 2.54. The number of rotatable bonds is 4. The highest BCUT2D eigenvalue weighted by molar-refractivity contribution is 7.22. The number of carbonyl (C=O) groups is 2. The van der Waals surface area contributed by atoms with Gasteiger partial charge in [0.25, 0.3) is 0 Å². The Hall–Kier alpha value is -2.21. The number of hydrogen-bond acceptors (Lipinski definition) is 4. The number of carboxylic acid groups (broad SMARTS) is 1. The Balaban J connectivity index is 2.29. The van der Waals surface area contributed by atoms with E-state index in [1.807, 2.05) is 0 Å². The largest absolute Gasteiger partial charge is 0.478 e. The number of aromatic carboxylic acids is 1. The van der Waals surface area contributed by atoms with E-state index < -0.39 is 5.97 Å². The van der Waals surface area contributed by atoms with Crippen molar-refractivity contribution in [1.82, 2.24) is 4.98 Å². The Kier molecular flexibility index (Phi) is 3.38. The van der Waals surface area contributed by atoms with E-state index in [4.69, 9.17) is 5.11 Å². The van der Waals surface area contributed by atoms with Crippen molar-refractivity contribution in [3.8, 4) is 0 Å². The van der Waals surface area contributed by atoms with Gasteiger partial charge in [-0.3, -0.25) is 4.79 Å². The second-order valence-corrected chi connectivity index (χ2v) is 4.58. The monoisotopic (exact) mass is 262 g/mol. The Morgan fingerprint density at radius 2 is 2.28 bits per heavy atom. The van der Waals surface area contributed by atoms with Gasteiger partial charge in [0.05, 0.1) is 15.8 Å². The normalized spacial score (nSPS) is 10.2. The van der Waals surface area contributed by atoms with E-state index in [1.165, 1.54) is 23.5 Å². The second kappa shape index (κ2) is 4.97. The Bertz CT molecular complexity index is 633. The van der Waals surface area contributed by atoms with Crippen LogP contribution in [0.4, 0.5) is 5.13 Å². The van der Waals surface area contributed by atoms with Crippen molar-refractivity contribution >= 4 is 38.6 Å². The zero-order valence-corrected chi connectivity index (χ0v) is 10.2. The van der Waals surface area contributed by atoms with E-state index >= 15 is 0 Å². The molecule has 0 unspecified atom stereocenters. The van der Waals surface area contributed by atoms with Gasteiger partial charge in [-0.15, -0.1) is 6.58 Å². The molecule has 0 radical (unpaired) electrons. The quantitative estimate of drug-likeness (QED) is 0.830. The minimum absolute atomic E-state index is 0.192. The van der Waals surface area contributed by atoms with E-state index in [0.717, 1.165) is 4.70 Å². The number of amides is 1. The first kappa shape index (κ1) is 12.3. The summed E-state index contributed by atoms with van der Waals surface area (Å²) in [4.78, 5) is 26.4. The predicted octanol–water partition coefficient (Wildman–Crippen LogP) is 2.51. The molecule has 6 heteroatoms. The van der Waals surface area contributed by atoms with Crippen LogP contribution in [0, 0.1) is 0 Å². The van der Waals surface area contributed by atoms with Gasteiger partial charge in [0, 0.05) is 6.42 Å². The first-order valence-corrected chi connectivity index (χ1v) is 5.96. The van der Waals surface area contributed by atoms with Crippen LogP contribution in [0.2, 0.25) is 0 Å². The molecule has 0 saturated carbocycles. The molecule has 0 spiro atoms. The van der Waals surface area contributed by atoms with Gasteiger partial charge in [-0.25, -0.2) is 9.78 Å². The fourth-order valence-electron chi connectivity index (χ4n) is 1.41. The third-order valence-electron chi connectivity index (χ3n) is 2.21. The van der Waals surface area contributed by atoms with Crippen molar-refractivity contribution in [2.24, 2.45) is 0 Å². The molecule has 0 saturated heterocycles. The van der Waals surface area contributed by atoms with Crippen molar-refractivity contribution < 1.29 is 14.7 Å². The zero-order valence-electron chi connectivity index (χ0n) is 9.34. The first-order valence-electron chi connectivity index (χ1n) is 5.15. The number of carbonyl (C=O) groups excluding carboxylic acids is 1. The molecule has 1 aromatic heterocycles. The molecule has 0 fully saturated rings. The second-order valence-electron chi connectivity index (χ2n) is 3.55. The van der Waals surface area contributed by atoms with Crippen LogP contribution in [0.25, 0.3) is 10.2 Å². The van der Waals surface area contributed by atoms with Crippen molar-refractivity contribution in [3.05, 3.63) is 36.4 Å². The minimum Gasteiger partial charge on any atom is -0.478 e. The molecule has 0 atom stereocenters. The van der Waals surface area contributed by atoms with Crippen LogP contribution < -0.4 is 5.32 Å². The van der Waals surface area contributed by atoms with Gasteiger partial charge in [0.15, 0.2) is 5.13 Å². The molecule has 2 aromatic rings. The number of aromatic nitrogens is 1. The summed E-state index contributed by atoms with van der Waals surface area (Å²) >= 11 is 1.24. The zero-order chi connectivity index (χ0) is 13.1. The van der Waals surface area contributed by atoms with Gasteiger partial charge >= 0.3 is 5.97 Å². The standard InChI is InChI=1S/C12H10N2O3S/c1-2-3-10(15)14-12-13-8-5-4-7(11(16)17)6-9(8)18-12/h2,4-6H,1,3H2,(H,16,17)(H,13,14,15). The van der Waals surface area contributed by atoms with Gasteiger partial charge in [-0.05, 0) is 18.2 Å². The number of fused-ring (bicyclic) bond motifs is 1. The maximum absolute atomic E-state index is 11.4. The van der Waals surface area contributed by atoms with Crippen LogP contribution in [0.5, 0.6) is 0 Å². The lowest BCUT2D eigenvalue weighted by Crippen LogP contribution is -2.09. The minimum atomic E-state index is -0.984. The molecule has 2 rings (SSSR count). The van der Waals surface area contributed by atoms with E-state index in [1.54, 1.807) is 12.1 Å². The molecule has 1 aromatic carbocycles. The van der Waals surface area contributed by atoms with Gasteiger partial charge in [0.2, 0.25) is 5.91 Å². The van der Waals surface area contributed by atoms with Gasteiger partial charge in [-0.2, -0.15) is 0 Å². The van der Waals surface area contributed by atoms with Crippen molar-refractivity contribution in [1.29, 1.82) is 0 Å². The first-order chi connectivity index (χ1) is 8.60. The summed E-state index contributed by atoms with van der Waals surface area (Å²) in [6, 6.07) is 4.65. The molecule has 5 nitrogen and oxygen atoms in total. The molecule has 0 bridgehead atoms. The molecule has 0 aliphatic rings. The molecular formula is C12H10N2O3S. The summed E-state index contributed by atoms with van der Waals surface area (Å²) in [6.45, 7) is 3.47. The highest BCUT2D eigenvalue weighted by Gasteiger charge is 2.09. The average molecular weight is 262 g/mol. The molecule has 18 heavy (non-hydrogen) atoms. The van der Waals surface area contributed by atoms with E-state index in [2.05, 4.69) is 16.9 Å². The maximum atomic E-state index is 11.4. The molecule has 0 aliphatic carbocycles.